The van der Waals surface area contributed by atoms with Crippen LogP contribution in [0.3, 0.4) is 0 Å². The monoisotopic (exact) mass is 482 g/mol. The molecule has 0 heterocycles. The van der Waals surface area contributed by atoms with E-state index >= 15 is 0 Å². The number of nitrogens with two attached hydrogens (primary N) is 1. The van der Waals surface area contributed by atoms with E-state index in [0.29, 0.717) is 17.1 Å². The molecule has 3 aromatic rings. The summed E-state index contributed by atoms with van der Waals surface area (Å²) in [5.41, 5.74) is 7.37. The van der Waals surface area contributed by atoms with E-state index in [1.165, 1.54) is 19.2 Å². The first-order valence-corrected chi connectivity index (χ1v) is 9.91. The number of carbonyl (C=O) groups is 1. The number of benzene rings is 3. The van der Waals surface area contributed by atoms with E-state index < -0.39 is 5.91 Å². The van der Waals surface area contributed by atoms with Gasteiger partial charge in [0.2, 0.25) is 0 Å². The number of ether oxygens (including phenoxy) is 1. The molecule has 0 aliphatic carbocycles. The summed E-state index contributed by atoms with van der Waals surface area (Å²) in [7, 11) is 1.49. The first-order chi connectivity index (χ1) is 14.3. The zero-order valence-corrected chi connectivity index (χ0v) is 18.4. The van der Waals surface area contributed by atoms with Crippen LogP contribution in [0.25, 0.3) is 0 Å². The Bertz CT molecular complexity index is 1110. The normalized spacial score (nSPS) is 11.0. The predicted molar refractivity (Wildman–Crippen MR) is 122 cm³/mol. The van der Waals surface area contributed by atoms with Crippen molar-refractivity contribution in [3.8, 4) is 5.75 Å². The van der Waals surface area contributed by atoms with E-state index in [4.69, 9.17) is 56.9 Å². The molecule has 0 aromatic heterocycles. The van der Waals surface area contributed by atoms with E-state index in [0.717, 1.165) is 0 Å². The van der Waals surface area contributed by atoms with Crippen molar-refractivity contribution in [1.82, 2.24) is 0 Å². The Morgan fingerprint density at radius 3 is 1.90 bits per heavy atom. The highest BCUT2D eigenvalue weighted by atomic mass is 35.5. The summed E-state index contributed by atoms with van der Waals surface area (Å²) < 4.78 is 5.09. The van der Waals surface area contributed by atoms with Crippen molar-refractivity contribution in [1.29, 1.82) is 0 Å². The molecule has 0 aliphatic rings. The zero-order valence-electron chi connectivity index (χ0n) is 15.4. The molecule has 0 aliphatic heterocycles. The molecule has 0 radical (unpaired) electrons. The quantitative estimate of drug-likeness (QED) is 0.289. The minimum Gasteiger partial charge on any atom is -0.497 e. The molecule has 30 heavy (non-hydrogen) atoms. The van der Waals surface area contributed by atoms with Gasteiger partial charge in [-0.25, -0.2) is 0 Å². The lowest BCUT2D eigenvalue weighted by Gasteiger charge is -2.10. The number of carbonyl (C=O) groups excluding carboxylic acids is 1. The average molecular weight is 484 g/mol. The maximum absolute atomic E-state index is 12.5. The van der Waals surface area contributed by atoms with E-state index in [9.17, 15) is 4.79 Å². The van der Waals surface area contributed by atoms with Crippen LogP contribution < -0.4 is 15.8 Å². The van der Waals surface area contributed by atoms with E-state index in [1.54, 1.807) is 36.4 Å². The summed E-state index contributed by atoms with van der Waals surface area (Å²) in [6.45, 7) is 0. The van der Waals surface area contributed by atoms with Crippen molar-refractivity contribution in [2.24, 2.45) is 10.2 Å². The van der Waals surface area contributed by atoms with Crippen LogP contribution in [0.2, 0.25) is 20.1 Å². The van der Waals surface area contributed by atoms with Gasteiger partial charge in [-0.2, -0.15) is 0 Å². The maximum Gasteiger partial charge on any atom is 0.255 e. The molecule has 0 unspecified atom stereocenters. The Morgan fingerprint density at radius 2 is 1.40 bits per heavy atom. The fraction of sp³-hybridized carbons (Fsp3) is 0.0500. The average Bonchev–Trinajstić information content (AvgIpc) is 2.70. The lowest BCUT2D eigenvalue weighted by molar-refractivity contribution is 0.102. The molecule has 6 nitrogen and oxygen atoms in total. The molecule has 3 rings (SSSR count). The van der Waals surface area contributed by atoms with Crippen LogP contribution in [0.5, 0.6) is 5.75 Å². The van der Waals surface area contributed by atoms with Gasteiger partial charge in [0.1, 0.15) is 17.1 Å². The van der Waals surface area contributed by atoms with Crippen LogP contribution >= 0.6 is 46.4 Å². The third-order valence-electron chi connectivity index (χ3n) is 3.96. The number of amides is 1. The van der Waals surface area contributed by atoms with Crippen molar-refractivity contribution < 1.29 is 9.53 Å². The van der Waals surface area contributed by atoms with Crippen molar-refractivity contribution in [2.75, 3.05) is 18.2 Å². The van der Waals surface area contributed by atoms with Gasteiger partial charge in [0.25, 0.3) is 5.91 Å². The van der Waals surface area contributed by atoms with Crippen LogP contribution in [-0.2, 0) is 0 Å². The second kappa shape index (κ2) is 9.53. The third-order valence-corrected chi connectivity index (χ3v) is 5.12. The number of anilines is 2. The van der Waals surface area contributed by atoms with Crippen LogP contribution in [0.4, 0.5) is 22.7 Å². The number of rotatable bonds is 5. The van der Waals surface area contributed by atoms with Crippen molar-refractivity contribution in [3.05, 3.63) is 74.2 Å². The molecule has 0 saturated heterocycles. The molecule has 154 valence electrons. The van der Waals surface area contributed by atoms with Crippen LogP contribution in [0.15, 0.2) is 58.8 Å². The fourth-order valence-corrected chi connectivity index (χ4v) is 3.56. The molecule has 1 amide bonds. The van der Waals surface area contributed by atoms with Gasteiger partial charge < -0.3 is 15.8 Å². The SMILES string of the molecule is COc1cc(Cl)c(N=Nc2c(Cl)cc(C(=O)Nc3ccccc3N)cc2Cl)c(Cl)c1. The minimum atomic E-state index is -0.429. The highest BCUT2D eigenvalue weighted by Crippen LogP contribution is 2.40. The minimum absolute atomic E-state index is 0.123. The highest BCUT2D eigenvalue weighted by molar-refractivity contribution is 6.40. The van der Waals surface area contributed by atoms with Gasteiger partial charge in [0, 0.05) is 17.7 Å². The van der Waals surface area contributed by atoms with Gasteiger partial charge in [-0.1, -0.05) is 58.5 Å². The van der Waals surface area contributed by atoms with Crippen LogP contribution in [0, 0.1) is 0 Å². The van der Waals surface area contributed by atoms with Gasteiger partial charge >= 0.3 is 0 Å². The van der Waals surface area contributed by atoms with E-state index in [2.05, 4.69) is 15.5 Å². The van der Waals surface area contributed by atoms with Crippen molar-refractivity contribution in [3.63, 3.8) is 0 Å². The first kappa shape index (κ1) is 22.2. The fourth-order valence-electron chi connectivity index (χ4n) is 2.45. The summed E-state index contributed by atoms with van der Waals surface area (Å²) in [4.78, 5) is 12.5. The van der Waals surface area contributed by atoms with E-state index in [-0.39, 0.29) is 37.0 Å². The molecule has 10 heteroatoms. The Kier molecular flexibility index (Phi) is 7.05. The van der Waals surface area contributed by atoms with Crippen LogP contribution in [0.1, 0.15) is 10.4 Å². The van der Waals surface area contributed by atoms with Gasteiger partial charge in [-0.05, 0) is 24.3 Å². The molecule has 0 fully saturated rings. The number of nitrogen functional groups attached to an aromatic ring is 1. The predicted octanol–water partition coefficient (Wildman–Crippen LogP) is 7.56. The standard InChI is InChI=1S/C20H14Cl4N4O2/c1-30-11-8-14(23)19(15(24)9-11)28-27-18-12(21)6-10(7-13(18)22)20(29)26-17-5-3-2-4-16(17)25/h2-9H,25H2,1H3,(H,26,29). The van der Waals surface area contributed by atoms with Gasteiger partial charge in [-0.15, -0.1) is 10.2 Å². The number of azo groups is 1. The van der Waals surface area contributed by atoms with Crippen LogP contribution in [-0.4, -0.2) is 13.0 Å². The smallest absolute Gasteiger partial charge is 0.255 e. The molecule has 3 aromatic carbocycles. The Morgan fingerprint density at radius 1 is 0.900 bits per heavy atom. The zero-order chi connectivity index (χ0) is 21.8. The summed E-state index contributed by atoms with van der Waals surface area (Å²) in [5, 5.41) is 11.5. The molecular weight excluding hydrogens is 470 g/mol. The molecule has 0 spiro atoms. The summed E-state index contributed by atoms with van der Waals surface area (Å²) in [5.74, 6) is 0.0517. The largest absolute Gasteiger partial charge is 0.497 e. The molecule has 0 bridgehead atoms. The maximum atomic E-state index is 12.5. The second-order valence-electron chi connectivity index (χ2n) is 5.97. The molecular formula is C20H14Cl4N4O2. The first-order valence-electron chi connectivity index (χ1n) is 8.40. The summed E-state index contributed by atoms with van der Waals surface area (Å²) >= 11 is 24.9. The lowest BCUT2D eigenvalue weighted by Crippen LogP contribution is -2.13. The van der Waals surface area contributed by atoms with Crippen molar-refractivity contribution >= 4 is 75.1 Å². The second-order valence-corrected chi connectivity index (χ2v) is 7.60. The number of nitrogens with zero attached hydrogens (tertiary/aromatic N) is 2. The number of methoxy groups -OCH3 is 1. The third kappa shape index (κ3) is 4.96. The molecule has 0 saturated carbocycles. The van der Waals surface area contributed by atoms with Gasteiger partial charge in [-0.3, -0.25) is 4.79 Å². The Balaban J connectivity index is 1.87. The van der Waals surface area contributed by atoms with Gasteiger partial charge in [0.15, 0.2) is 0 Å². The summed E-state index contributed by atoms with van der Waals surface area (Å²) in [6, 6.07) is 12.8. The molecule has 3 N–H and O–H groups in total. The summed E-state index contributed by atoms with van der Waals surface area (Å²) in [6.07, 6.45) is 0. The Hall–Kier alpha value is -2.51. The van der Waals surface area contributed by atoms with Gasteiger partial charge in [0.05, 0.1) is 38.6 Å². The van der Waals surface area contributed by atoms with Crippen molar-refractivity contribution in [2.45, 2.75) is 0 Å². The lowest BCUT2D eigenvalue weighted by atomic mass is 10.2. The number of para-hydroxylation sites is 2. The van der Waals surface area contributed by atoms with E-state index in [1.807, 2.05) is 0 Å². The highest BCUT2D eigenvalue weighted by Gasteiger charge is 2.15. The number of nitrogens with one attached hydrogen (secondary N) is 1. The number of halogens is 4. The number of hydrogen-bond acceptors (Lipinski definition) is 5. The Labute approximate surface area is 192 Å². The number of hydrogen-bond donors (Lipinski definition) is 2. The topological polar surface area (TPSA) is 89.1 Å². The molecule has 0 atom stereocenters.